The highest BCUT2D eigenvalue weighted by Gasteiger charge is 2.45. The first-order valence-corrected chi connectivity index (χ1v) is 20.3. The lowest BCUT2D eigenvalue weighted by Crippen LogP contribution is -2.11. The van der Waals surface area contributed by atoms with E-state index in [0.717, 1.165) is 22.7 Å². The quantitative estimate of drug-likeness (QED) is 0.168. The summed E-state index contributed by atoms with van der Waals surface area (Å²) in [6, 6.07) is 76.3. The Morgan fingerprint density at radius 1 is 0.259 bits per heavy atom. The van der Waals surface area contributed by atoms with Gasteiger partial charge in [-0.1, -0.05) is 133 Å². The molecular formula is C56H36N2. The SMILES string of the molecule is c1ccc(N(c2ccccc2)c2cccc3c2-c2cccc4c2C3c2cc3c(cc2-4)C2c4cccc(N(c5ccccc5)c5ccccc5)c4-c4cccc-3c42)cc1. The standard InChI is InChI=1S/C56H36N2/c1-5-17-35(18-6-1)57(36-19-7-2-8-20-36)49-31-15-29-43-51(49)41-27-13-25-39-45-34-48-46(33-47(45)55(43)53(39)41)40-26-14-28-42-52-44(56(48)54(40)42)30-16-32-50(52)58(37-21-9-3-10-22-37)38-23-11-4-12-24-38/h1-34,55-56H. The van der Waals surface area contributed by atoms with Crippen molar-refractivity contribution in [1.82, 2.24) is 0 Å². The van der Waals surface area contributed by atoms with Gasteiger partial charge in [0.05, 0.1) is 11.4 Å². The normalized spacial score (nSPS) is 15.2. The maximum absolute atomic E-state index is 2.57. The molecule has 0 N–H and O–H groups in total. The van der Waals surface area contributed by atoms with Crippen LogP contribution in [-0.2, 0) is 0 Å². The second-order valence-electron chi connectivity index (χ2n) is 15.9. The minimum Gasteiger partial charge on any atom is -0.310 e. The Balaban J connectivity index is 0.988. The fourth-order valence-corrected chi connectivity index (χ4v) is 10.9. The lowest BCUT2D eigenvalue weighted by atomic mass is 9.86. The number of fused-ring (bicyclic) bond motifs is 12. The van der Waals surface area contributed by atoms with Crippen LogP contribution in [0.5, 0.6) is 0 Å². The van der Waals surface area contributed by atoms with Gasteiger partial charge in [0.25, 0.3) is 0 Å². The van der Waals surface area contributed by atoms with Crippen molar-refractivity contribution < 1.29 is 0 Å². The van der Waals surface area contributed by atoms with E-state index >= 15 is 0 Å². The van der Waals surface area contributed by atoms with Crippen LogP contribution in [0.3, 0.4) is 0 Å². The molecule has 9 aromatic carbocycles. The third-order valence-electron chi connectivity index (χ3n) is 13.1. The van der Waals surface area contributed by atoms with Crippen LogP contribution in [0.2, 0.25) is 0 Å². The molecule has 2 unspecified atom stereocenters. The van der Waals surface area contributed by atoms with E-state index in [9.17, 15) is 0 Å². The molecule has 2 atom stereocenters. The van der Waals surface area contributed by atoms with Crippen LogP contribution in [-0.4, -0.2) is 0 Å². The average Bonchev–Trinajstić information content (AvgIpc) is 4.02. The number of hydrogen-bond donors (Lipinski definition) is 0. The fourth-order valence-electron chi connectivity index (χ4n) is 10.9. The second kappa shape index (κ2) is 12.0. The largest absolute Gasteiger partial charge is 0.310 e. The van der Waals surface area contributed by atoms with E-state index < -0.39 is 0 Å². The topological polar surface area (TPSA) is 6.48 Å². The van der Waals surface area contributed by atoms with Crippen molar-refractivity contribution >= 4 is 34.1 Å². The highest BCUT2D eigenvalue weighted by molar-refractivity contribution is 6.04. The molecule has 0 aliphatic heterocycles. The molecule has 0 amide bonds. The zero-order valence-electron chi connectivity index (χ0n) is 31.7. The summed E-state index contributed by atoms with van der Waals surface area (Å²) in [5.41, 5.74) is 26.5. The molecule has 0 heterocycles. The lowest BCUT2D eigenvalue weighted by molar-refractivity contribution is 1.04. The summed E-state index contributed by atoms with van der Waals surface area (Å²) < 4.78 is 0. The molecule has 9 aromatic rings. The lowest BCUT2D eigenvalue weighted by Gasteiger charge is -2.28. The fraction of sp³-hybridized carbons (Fsp3) is 0.0357. The van der Waals surface area contributed by atoms with Crippen molar-refractivity contribution in [2.75, 3.05) is 9.80 Å². The van der Waals surface area contributed by atoms with Gasteiger partial charge in [0.15, 0.2) is 0 Å². The highest BCUT2D eigenvalue weighted by Crippen LogP contribution is 2.65. The summed E-state index contributed by atoms with van der Waals surface area (Å²) in [7, 11) is 0. The molecule has 270 valence electrons. The molecule has 13 rings (SSSR count). The van der Waals surface area contributed by atoms with Crippen LogP contribution in [0.25, 0.3) is 44.5 Å². The first-order valence-electron chi connectivity index (χ1n) is 20.3. The second-order valence-corrected chi connectivity index (χ2v) is 15.9. The van der Waals surface area contributed by atoms with Crippen LogP contribution < -0.4 is 9.80 Å². The van der Waals surface area contributed by atoms with Gasteiger partial charge >= 0.3 is 0 Å². The summed E-state index contributed by atoms with van der Waals surface area (Å²) in [4.78, 5) is 4.86. The third kappa shape index (κ3) is 4.27. The van der Waals surface area contributed by atoms with Crippen LogP contribution in [0, 0.1) is 0 Å². The number of para-hydroxylation sites is 4. The van der Waals surface area contributed by atoms with Crippen molar-refractivity contribution in [2.24, 2.45) is 0 Å². The van der Waals surface area contributed by atoms with Gasteiger partial charge in [-0.3, -0.25) is 0 Å². The van der Waals surface area contributed by atoms with E-state index in [4.69, 9.17) is 0 Å². The Morgan fingerprint density at radius 3 is 0.948 bits per heavy atom. The predicted octanol–water partition coefficient (Wildman–Crippen LogP) is 14.9. The van der Waals surface area contributed by atoms with Crippen molar-refractivity contribution in [1.29, 1.82) is 0 Å². The van der Waals surface area contributed by atoms with Crippen LogP contribution >= 0.6 is 0 Å². The number of anilines is 6. The Labute approximate surface area is 338 Å². The van der Waals surface area contributed by atoms with E-state index in [-0.39, 0.29) is 11.8 Å². The van der Waals surface area contributed by atoms with E-state index in [1.165, 1.54) is 89.3 Å². The summed E-state index contributed by atoms with van der Waals surface area (Å²) in [6.07, 6.45) is 0. The van der Waals surface area contributed by atoms with Crippen LogP contribution in [0.4, 0.5) is 34.1 Å². The number of rotatable bonds is 6. The van der Waals surface area contributed by atoms with E-state index in [1.807, 2.05) is 0 Å². The Bertz CT molecular complexity index is 2820. The minimum absolute atomic E-state index is 0.188. The molecule has 2 nitrogen and oxygen atoms in total. The molecule has 0 aromatic heterocycles. The molecule has 58 heavy (non-hydrogen) atoms. The molecule has 4 aliphatic carbocycles. The Kier molecular flexibility index (Phi) is 6.59. The first kappa shape index (κ1) is 31.7. The van der Waals surface area contributed by atoms with Gasteiger partial charge in [0.1, 0.15) is 0 Å². The number of nitrogens with zero attached hydrogens (tertiary/aromatic N) is 2. The van der Waals surface area contributed by atoms with Gasteiger partial charge in [0.2, 0.25) is 0 Å². The first-order chi connectivity index (χ1) is 28.8. The van der Waals surface area contributed by atoms with Gasteiger partial charge < -0.3 is 9.80 Å². The molecule has 4 aliphatic rings. The molecule has 2 heteroatoms. The van der Waals surface area contributed by atoms with Crippen molar-refractivity contribution in [3.63, 3.8) is 0 Å². The zero-order chi connectivity index (χ0) is 37.9. The molecule has 0 bridgehead atoms. The van der Waals surface area contributed by atoms with Crippen LogP contribution in [0.15, 0.2) is 206 Å². The summed E-state index contributed by atoms with van der Waals surface area (Å²) in [5.74, 6) is 0.375. The summed E-state index contributed by atoms with van der Waals surface area (Å²) in [6.45, 7) is 0. The summed E-state index contributed by atoms with van der Waals surface area (Å²) >= 11 is 0. The molecule has 0 saturated carbocycles. The monoisotopic (exact) mass is 736 g/mol. The maximum Gasteiger partial charge on any atom is 0.0543 e. The van der Waals surface area contributed by atoms with E-state index in [0.29, 0.717) is 0 Å². The van der Waals surface area contributed by atoms with E-state index in [1.54, 1.807) is 0 Å². The van der Waals surface area contributed by atoms with Crippen LogP contribution in [0.1, 0.15) is 45.2 Å². The Morgan fingerprint density at radius 2 is 0.586 bits per heavy atom. The maximum atomic E-state index is 2.57. The molecule has 0 spiro atoms. The van der Waals surface area contributed by atoms with Crippen molar-refractivity contribution in [3.05, 3.63) is 240 Å². The van der Waals surface area contributed by atoms with Gasteiger partial charge in [-0.15, -0.1) is 0 Å². The molecular weight excluding hydrogens is 701 g/mol. The Hall–Kier alpha value is -7.42. The highest BCUT2D eigenvalue weighted by atomic mass is 15.2. The van der Waals surface area contributed by atoms with E-state index in [2.05, 4.69) is 216 Å². The van der Waals surface area contributed by atoms with Gasteiger partial charge in [-0.05, 0) is 140 Å². The average molecular weight is 737 g/mol. The van der Waals surface area contributed by atoms with Crippen molar-refractivity contribution in [2.45, 2.75) is 11.8 Å². The minimum atomic E-state index is 0.188. The predicted molar refractivity (Wildman–Crippen MR) is 239 cm³/mol. The molecule has 0 saturated heterocycles. The third-order valence-corrected chi connectivity index (χ3v) is 13.1. The van der Waals surface area contributed by atoms with Gasteiger partial charge in [-0.2, -0.15) is 0 Å². The van der Waals surface area contributed by atoms with Crippen molar-refractivity contribution in [3.8, 4) is 44.5 Å². The van der Waals surface area contributed by atoms with Gasteiger partial charge in [-0.25, -0.2) is 0 Å². The van der Waals surface area contributed by atoms with Gasteiger partial charge in [0, 0.05) is 45.7 Å². The summed E-state index contributed by atoms with van der Waals surface area (Å²) in [5, 5.41) is 0. The molecule has 0 radical (unpaired) electrons. The smallest absolute Gasteiger partial charge is 0.0543 e. The zero-order valence-corrected chi connectivity index (χ0v) is 31.7. The molecule has 0 fully saturated rings. The number of hydrogen-bond acceptors (Lipinski definition) is 2. The number of benzene rings is 9.